The highest BCUT2D eigenvalue weighted by Gasteiger charge is 2.21. The van der Waals surface area contributed by atoms with Crippen LogP contribution in [-0.4, -0.2) is 11.8 Å². The Kier molecular flexibility index (Phi) is 7.51. The predicted molar refractivity (Wildman–Crippen MR) is 84.5 cm³/mol. The molecular formula is C17H33N. The zero-order chi connectivity index (χ0) is 14.3. The molecule has 106 valence electrons. The highest BCUT2D eigenvalue weighted by molar-refractivity contribution is 5.61. The summed E-state index contributed by atoms with van der Waals surface area (Å²) in [5.74, 6) is 1.25. The van der Waals surface area contributed by atoms with Crippen molar-refractivity contribution in [1.82, 2.24) is 0 Å². The zero-order valence-electron chi connectivity index (χ0n) is 13.8. The number of hydrogen-bond donors (Lipinski definition) is 0. The Morgan fingerprint density at radius 1 is 1.17 bits per heavy atom. The molecule has 18 heavy (non-hydrogen) atoms. The van der Waals surface area contributed by atoms with E-state index in [-0.39, 0.29) is 5.54 Å². The lowest BCUT2D eigenvalue weighted by atomic mass is 9.86. The number of allylic oxidation sites excluding steroid dienone is 1. The van der Waals surface area contributed by atoms with E-state index < -0.39 is 0 Å². The molecule has 0 aliphatic heterocycles. The molecule has 0 N–H and O–H groups in total. The Morgan fingerprint density at radius 2 is 1.72 bits per heavy atom. The van der Waals surface area contributed by atoms with Gasteiger partial charge in [0, 0.05) is 6.21 Å². The summed E-state index contributed by atoms with van der Waals surface area (Å²) < 4.78 is 0. The largest absolute Gasteiger partial charge is 0.287 e. The molecule has 0 heterocycles. The molecule has 0 radical (unpaired) electrons. The summed E-state index contributed by atoms with van der Waals surface area (Å²) in [6.07, 6.45) is 5.81. The molecular weight excluding hydrogens is 218 g/mol. The summed E-state index contributed by atoms with van der Waals surface area (Å²) >= 11 is 0. The molecule has 0 aliphatic rings. The molecule has 0 amide bonds. The summed E-state index contributed by atoms with van der Waals surface area (Å²) in [4.78, 5) is 4.83. The SMILES string of the molecule is CCCC(C)C=NC(C)(C)C(C)=C(C)C(C)CC. The van der Waals surface area contributed by atoms with Crippen LogP contribution in [-0.2, 0) is 0 Å². The second-order valence-corrected chi connectivity index (χ2v) is 6.22. The molecule has 0 aliphatic carbocycles. The first kappa shape index (κ1) is 17.4. The Balaban J connectivity index is 4.91. The Bertz CT molecular complexity index is 297. The van der Waals surface area contributed by atoms with Gasteiger partial charge in [-0.15, -0.1) is 0 Å². The van der Waals surface area contributed by atoms with E-state index in [2.05, 4.69) is 61.6 Å². The summed E-state index contributed by atoms with van der Waals surface area (Å²) in [7, 11) is 0. The van der Waals surface area contributed by atoms with Crippen molar-refractivity contribution in [2.75, 3.05) is 0 Å². The molecule has 0 spiro atoms. The monoisotopic (exact) mass is 251 g/mol. The predicted octanol–water partition coefficient (Wildman–Crippen LogP) is 5.65. The van der Waals surface area contributed by atoms with Crippen LogP contribution in [0.5, 0.6) is 0 Å². The lowest BCUT2D eigenvalue weighted by molar-refractivity contribution is 0.567. The molecule has 0 aromatic heterocycles. The van der Waals surface area contributed by atoms with Crippen molar-refractivity contribution in [2.45, 2.75) is 80.2 Å². The fourth-order valence-corrected chi connectivity index (χ4v) is 2.10. The van der Waals surface area contributed by atoms with Crippen LogP contribution >= 0.6 is 0 Å². The summed E-state index contributed by atoms with van der Waals surface area (Å²) in [5.41, 5.74) is 2.87. The van der Waals surface area contributed by atoms with Crippen LogP contribution in [0.25, 0.3) is 0 Å². The average Bonchev–Trinajstić information content (AvgIpc) is 2.34. The molecule has 0 fully saturated rings. The first-order valence-electron chi connectivity index (χ1n) is 7.49. The van der Waals surface area contributed by atoms with Gasteiger partial charge in [-0.25, -0.2) is 0 Å². The third-order valence-corrected chi connectivity index (χ3v) is 4.26. The number of hydrogen-bond acceptors (Lipinski definition) is 1. The van der Waals surface area contributed by atoms with Gasteiger partial charge in [0.2, 0.25) is 0 Å². The first-order valence-corrected chi connectivity index (χ1v) is 7.49. The maximum Gasteiger partial charge on any atom is 0.0756 e. The second kappa shape index (κ2) is 7.76. The van der Waals surface area contributed by atoms with Gasteiger partial charge in [-0.3, -0.25) is 4.99 Å². The maximum absolute atomic E-state index is 4.83. The first-order chi connectivity index (χ1) is 8.26. The topological polar surface area (TPSA) is 12.4 Å². The van der Waals surface area contributed by atoms with E-state index >= 15 is 0 Å². The van der Waals surface area contributed by atoms with Gasteiger partial charge in [-0.1, -0.05) is 39.7 Å². The van der Waals surface area contributed by atoms with Crippen molar-refractivity contribution in [2.24, 2.45) is 16.8 Å². The van der Waals surface area contributed by atoms with Crippen molar-refractivity contribution in [3.05, 3.63) is 11.1 Å². The van der Waals surface area contributed by atoms with Crippen LogP contribution in [0.4, 0.5) is 0 Å². The van der Waals surface area contributed by atoms with Gasteiger partial charge in [0.1, 0.15) is 0 Å². The van der Waals surface area contributed by atoms with E-state index in [4.69, 9.17) is 4.99 Å². The number of aliphatic imine (C=N–C) groups is 1. The Labute approximate surface area is 115 Å². The third kappa shape index (κ3) is 5.37. The van der Waals surface area contributed by atoms with E-state index in [1.165, 1.54) is 30.4 Å². The van der Waals surface area contributed by atoms with E-state index in [1.54, 1.807) is 0 Å². The van der Waals surface area contributed by atoms with E-state index in [1.807, 2.05) is 0 Å². The number of nitrogens with zero attached hydrogens (tertiary/aromatic N) is 1. The second-order valence-electron chi connectivity index (χ2n) is 6.22. The fourth-order valence-electron chi connectivity index (χ4n) is 2.10. The molecule has 0 saturated heterocycles. The molecule has 2 atom stereocenters. The van der Waals surface area contributed by atoms with Gasteiger partial charge < -0.3 is 0 Å². The van der Waals surface area contributed by atoms with Crippen LogP contribution in [0.2, 0.25) is 0 Å². The number of rotatable bonds is 7. The smallest absolute Gasteiger partial charge is 0.0756 e. The van der Waals surface area contributed by atoms with Crippen LogP contribution in [0.15, 0.2) is 16.1 Å². The highest BCUT2D eigenvalue weighted by atomic mass is 14.8. The quantitative estimate of drug-likeness (QED) is 0.409. The van der Waals surface area contributed by atoms with Crippen molar-refractivity contribution in [1.29, 1.82) is 0 Å². The molecule has 0 aromatic carbocycles. The van der Waals surface area contributed by atoms with Gasteiger partial charge in [0.15, 0.2) is 0 Å². The zero-order valence-corrected chi connectivity index (χ0v) is 13.8. The lowest BCUT2D eigenvalue weighted by Gasteiger charge is -2.26. The lowest BCUT2D eigenvalue weighted by Crippen LogP contribution is -2.22. The van der Waals surface area contributed by atoms with E-state index in [0.717, 1.165) is 0 Å². The average molecular weight is 251 g/mol. The van der Waals surface area contributed by atoms with Crippen LogP contribution in [0.1, 0.15) is 74.7 Å². The van der Waals surface area contributed by atoms with Gasteiger partial charge in [-0.2, -0.15) is 0 Å². The van der Waals surface area contributed by atoms with Gasteiger partial charge in [-0.05, 0) is 57.9 Å². The molecule has 0 bridgehead atoms. The standard InChI is InChI=1S/C17H33N/c1-9-11-13(3)12-18-17(7,8)16(6)15(5)14(4)10-2/h12-14H,9-11H2,1-8H3. The van der Waals surface area contributed by atoms with E-state index in [0.29, 0.717) is 11.8 Å². The molecule has 0 aromatic rings. The summed E-state index contributed by atoms with van der Waals surface area (Å²) in [5, 5.41) is 0. The minimum Gasteiger partial charge on any atom is -0.287 e. The Hall–Kier alpha value is -0.590. The molecule has 1 nitrogen and oxygen atoms in total. The summed E-state index contributed by atoms with van der Waals surface area (Å²) in [6.45, 7) is 18.0. The normalized spacial score (nSPS) is 17.8. The van der Waals surface area contributed by atoms with Crippen molar-refractivity contribution in [3.63, 3.8) is 0 Å². The highest BCUT2D eigenvalue weighted by Crippen LogP contribution is 2.28. The van der Waals surface area contributed by atoms with Gasteiger partial charge in [0.05, 0.1) is 5.54 Å². The van der Waals surface area contributed by atoms with Crippen molar-refractivity contribution < 1.29 is 0 Å². The van der Waals surface area contributed by atoms with Gasteiger partial charge in [0.25, 0.3) is 0 Å². The molecule has 1 heteroatoms. The molecule has 0 saturated carbocycles. The van der Waals surface area contributed by atoms with E-state index in [9.17, 15) is 0 Å². The minimum absolute atomic E-state index is 0.0600. The van der Waals surface area contributed by atoms with Crippen molar-refractivity contribution in [3.8, 4) is 0 Å². The molecule has 0 rings (SSSR count). The molecule has 2 unspecified atom stereocenters. The fraction of sp³-hybridized carbons (Fsp3) is 0.824. The van der Waals surface area contributed by atoms with Crippen LogP contribution in [0, 0.1) is 11.8 Å². The van der Waals surface area contributed by atoms with Crippen molar-refractivity contribution >= 4 is 6.21 Å². The summed E-state index contributed by atoms with van der Waals surface area (Å²) in [6, 6.07) is 0. The maximum atomic E-state index is 4.83. The Morgan fingerprint density at radius 3 is 2.17 bits per heavy atom. The van der Waals surface area contributed by atoms with Crippen LogP contribution < -0.4 is 0 Å². The van der Waals surface area contributed by atoms with Gasteiger partial charge >= 0.3 is 0 Å². The minimum atomic E-state index is -0.0600. The third-order valence-electron chi connectivity index (χ3n) is 4.26. The van der Waals surface area contributed by atoms with Crippen LogP contribution in [0.3, 0.4) is 0 Å².